The number of nitrogens with one attached hydrogen (secondary N) is 1. The molecule has 0 saturated carbocycles. The van der Waals surface area contributed by atoms with Crippen molar-refractivity contribution in [2.24, 2.45) is 0 Å². The van der Waals surface area contributed by atoms with Crippen molar-refractivity contribution in [1.29, 1.82) is 0 Å². The molecule has 29 heavy (non-hydrogen) atoms. The third-order valence-corrected chi connectivity index (χ3v) is 4.65. The molecule has 0 unspecified atom stereocenters. The van der Waals surface area contributed by atoms with Gasteiger partial charge in [-0.1, -0.05) is 36.4 Å². The van der Waals surface area contributed by atoms with Crippen LogP contribution in [0.3, 0.4) is 0 Å². The van der Waals surface area contributed by atoms with Crippen LogP contribution in [0.5, 0.6) is 0 Å². The van der Waals surface area contributed by atoms with Gasteiger partial charge >= 0.3 is 0 Å². The first-order valence-electron chi connectivity index (χ1n) is 9.20. The van der Waals surface area contributed by atoms with Gasteiger partial charge in [0.25, 0.3) is 11.5 Å². The van der Waals surface area contributed by atoms with E-state index in [1.54, 1.807) is 19.9 Å². The smallest absolute Gasteiger partial charge is 0.251 e. The van der Waals surface area contributed by atoms with E-state index in [0.29, 0.717) is 0 Å². The SMILES string of the molecule is Cc1ccc(=O)n([C@@H](C(=O)N[C@H](C)c2ccccc2)C(=O)c2ccc(F)cc2)c1. The zero-order chi connectivity index (χ0) is 21.0. The first-order valence-corrected chi connectivity index (χ1v) is 9.20. The van der Waals surface area contributed by atoms with Crippen LogP contribution in [0.4, 0.5) is 4.39 Å². The van der Waals surface area contributed by atoms with Crippen LogP contribution in [0.2, 0.25) is 0 Å². The molecule has 5 nitrogen and oxygen atoms in total. The molecular weight excluding hydrogens is 371 g/mol. The first kappa shape index (κ1) is 20.2. The number of pyridine rings is 1. The normalized spacial score (nSPS) is 12.8. The van der Waals surface area contributed by atoms with Gasteiger partial charge in [-0.15, -0.1) is 0 Å². The molecule has 2 atom stereocenters. The average Bonchev–Trinajstić information content (AvgIpc) is 2.71. The van der Waals surface area contributed by atoms with Gasteiger partial charge in [-0.2, -0.15) is 0 Å². The lowest BCUT2D eigenvalue weighted by Crippen LogP contribution is -2.42. The maximum absolute atomic E-state index is 13.3. The number of hydrogen-bond donors (Lipinski definition) is 1. The second-order valence-corrected chi connectivity index (χ2v) is 6.87. The maximum Gasteiger partial charge on any atom is 0.251 e. The third kappa shape index (κ3) is 4.66. The molecule has 1 amide bonds. The number of benzene rings is 2. The van der Waals surface area contributed by atoms with Gasteiger partial charge in [-0.3, -0.25) is 19.0 Å². The fourth-order valence-electron chi connectivity index (χ4n) is 3.08. The first-order chi connectivity index (χ1) is 13.9. The van der Waals surface area contributed by atoms with Crippen molar-refractivity contribution >= 4 is 11.7 Å². The topological polar surface area (TPSA) is 68.2 Å². The Labute approximate surface area is 167 Å². The Bertz CT molecular complexity index is 1080. The van der Waals surface area contributed by atoms with E-state index in [1.807, 2.05) is 30.3 Å². The number of nitrogens with zero attached hydrogens (tertiary/aromatic N) is 1. The highest BCUT2D eigenvalue weighted by atomic mass is 19.1. The zero-order valence-corrected chi connectivity index (χ0v) is 16.1. The quantitative estimate of drug-likeness (QED) is 0.515. The molecule has 148 valence electrons. The number of hydrogen-bond acceptors (Lipinski definition) is 3. The summed E-state index contributed by atoms with van der Waals surface area (Å²) in [6.07, 6.45) is 1.47. The van der Waals surface area contributed by atoms with Crippen LogP contribution in [0.1, 0.15) is 40.5 Å². The van der Waals surface area contributed by atoms with Crippen molar-refractivity contribution in [3.05, 3.63) is 106 Å². The molecule has 0 fully saturated rings. The molecule has 3 aromatic rings. The van der Waals surface area contributed by atoms with Crippen molar-refractivity contribution < 1.29 is 14.0 Å². The van der Waals surface area contributed by atoms with Gasteiger partial charge in [0.15, 0.2) is 11.8 Å². The van der Waals surface area contributed by atoms with Gasteiger partial charge in [0.2, 0.25) is 0 Å². The Hall–Kier alpha value is -3.54. The molecule has 0 bridgehead atoms. The number of halogens is 1. The highest BCUT2D eigenvalue weighted by Crippen LogP contribution is 2.18. The fraction of sp³-hybridized carbons (Fsp3) is 0.174. The third-order valence-electron chi connectivity index (χ3n) is 4.65. The van der Waals surface area contributed by atoms with Crippen LogP contribution in [0.25, 0.3) is 0 Å². The number of amides is 1. The molecule has 0 radical (unpaired) electrons. The predicted octanol–water partition coefficient (Wildman–Crippen LogP) is 3.60. The molecule has 1 aromatic heterocycles. The lowest BCUT2D eigenvalue weighted by molar-refractivity contribution is -0.123. The van der Waals surface area contributed by atoms with Crippen molar-refractivity contribution in [2.45, 2.75) is 25.9 Å². The molecule has 3 rings (SSSR count). The molecule has 2 aromatic carbocycles. The maximum atomic E-state index is 13.3. The molecule has 0 aliphatic carbocycles. The van der Waals surface area contributed by atoms with E-state index in [1.165, 1.54) is 24.4 Å². The molecule has 1 N–H and O–H groups in total. The van der Waals surface area contributed by atoms with Gasteiger partial charge in [0, 0.05) is 17.8 Å². The summed E-state index contributed by atoms with van der Waals surface area (Å²) in [6.45, 7) is 3.56. The minimum atomic E-state index is -1.40. The van der Waals surface area contributed by atoms with E-state index in [2.05, 4.69) is 5.32 Å². The predicted molar refractivity (Wildman–Crippen MR) is 108 cm³/mol. The van der Waals surface area contributed by atoms with Gasteiger partial charge < -0.3 is 5.32 Å². The number of carbonyl (C=O) groups is 2. The highest BCUT2D eigenvalue weighted by molar-refractivity contribution is 6.11. The van der Waals surface area contributed by atoms with Crippen LogP contribution in [0, 0.1) is 12.7 Å². The Morgan fingerprint density at radius 1 is 0.966 bits per heavy atom. The monoisotopic (exact) mass is 392 g/mol. The molecular formula is C23H21FN2O3. The average molecular weight is 392 g/mol. The van der Waals surface area contributed by atoms with Crippen LogP contribution in [0.15, 0.2) is 77.7 Å². The number of aromatic nitrogens is 1. The van der Waals surface area contributed by atoms with E-state index in [0.717, 1.165) is 27.8 Å². The molecule has 0 aliphatic heterocycles. The Morgan fingerprint density at radius 2 is 1.62 bits per heavy atom. The number of Topliss-reactive ketones (excluding diaryl/α,β-unsaturated/α-hetero) is 1. The number of ketones is 1. The van der Waals surface area contributed by atoms with E-state index < -0.39 is 29.1 Å². The summed E-state index contributed by atoms with van der Waals surface area (Å²) in [5, 5.41) is 2.81. The van der Waals surface area contributed by atoms with E-state index in [9.17, 15) is 18.8 Å². The van der Waals surface area contributed by atoms with E-state index in [4.69, 9.17) is 0 Å². The Balaban J connectivity index is 1.99. The van der Waals surface area contributed by atoms with Crippen molar-refractivity contribution in [3.63, 3.8) is 0 Å². The summed E-state index contributed by atoms with van der Waals surface area (Å²) >= 11 is 0. The van der Waals surface area contributed by atoms with E-state index >= 15 is 0 Å². The lowest BCUT2D eigenvalue weighted by Gasteiger charge is -2.22. The molecule has 6 heteroatoms. The van der Waals surface area contributed by atoms with E-state index in [-0.39, 0.29) is 11.6 Å². The second kappa shape index (κ2) is 8.65. The van der Waals surface area contributed by atoms with Gasteiger partial charge in [0.1, 0.15) is 5.82 Å². The standard InChI is InChI=1S/C23H21FN2O3/c1-15-8-13-20(27)26(14-15)21(22(28)18-9-11-19(24)12-10-18)23(29)25-16(2)17-6-4-3-5-7-17/h3-14,16,21H,1-2H3,(H,25,29)/t16-,21-/m1/s1. The summed E-state index contributed by atoms with van der Waals surface area (Å²) < 4.78 is 14.4. The number of aryl methyl sites for hydroxylation is 1. The minimum absolute atomic E-state index is 0.146. The second-order valence-electron chi connectivity index (χ2n) is 6.87. The summed E-state index contributed by atoms with van der Waals surface area (Å²) in [7, 11) is 0. The summed E-state index contributed by atoms with van der Waals surface area (Å²) in [5.74, 6) is -1.69. The summed E-state index contributed by atoms with van der Waals surface area (Å²) in [5.41, 5.74) is 1.27. The largest absolute Gasteiger partial charge is 0.347 e. The number of carbonyl (C=O) groups excluding carboxylic acids is 2. The van der Waals surface area contributed by atoms with Crippen molar-refractivity contribution in [2.75, 3.05) is 0 Å². The molecule has 1 heterocycles. The number of rotatable bonds is 6. The van der Waals surface area contributed by atoms with Gasteiger partial charge in [-0.05, 0) is 49.2 Å². The van der Waals surface area contributed by atoms with Gasteiger partial charge in [0.05, 0.1) is 6.04 Å². The lowest BCUT2D eigenvalue weighted by atomic mass is 10.0. The Morgan fingerprint density at radius 3 is 2.28 bits per heavy atom. The van der Waals surface area contributed by atoms with Crippen LogP contribution < -0.4 is 10.9 Å². The minimum Gasteiger partial charge on any atom is -0.347 e. The van der Waals surface area contributed by atoms with Crippen molar-refractivity contribution in [1.82, 2.24) is 9.88 Å². The Kier molecular flexibility index (Phi) is 6.02. The van der Waals surface area contributed by atoms with Crippen LogP contribution >= 0.6 is 0 Å². The van der Waals surface area contributed by atoms with Crippen LogP contribution in [-0.2, 0) is 4.79 Å². The van der Waals surface area contributed by atoms with Crippen molar-refractivity contribution in [3.8, 4) is 0 Å². The molecule has 0 spiro atoms. The highest BCUT2D eigenvalue weighted by Gasteiger charge is 2.31. The zero-order valence-electron chi connectivity index (χ0n) is 16.1. The molecule has 0 saturated heterocycles. The van der Waals surface area contributed by atoms with Gasteiger partial charge in [-0.25, -0.2) is 4.39 Å². The summed E-state index contributed by atoms with van der Waals surface area (Å²) in [4.78, 5) is 38.7. The van der Waals surface area contributed by atoms with Crippen LogP contribution in [-0.4, -0.2) is 16.3 Å². The summed E-state index contributed by atoms with van der Waals surface area (Å²) in [6, 6.07) is 15.4. The molecule has 0 aliphatic rings. The fourth-order valence-corrected chi connectivity index (χ4v) is 3.08.